The maximum absolute atomic E-state index is 10.6. The van der Waals surface area contributed by atoms with Crippen LogP contribution >= 0.6 is 0 Å². The Bertz CT molecular complexity index is 1520. The quantitative estimate of drug-likeness (QED) is 0.352. The smallest absolute Gasteiger partial charge is 0.490 e. The second-order valence-electron chi connectivity index (χ2n) is 9.32. The van der Waals surface area contributed by atoms with Gasteiger partial charge in [0.25, 0.3) is 0 Å². The Morgan fingerprint density at radius 1 is 1.10 bits per heavy atom. The van der Waals surface area contributed by atoms with Crippen molar-refractivity contribution in [1.29, 1.82) is 0 Å². The largest absolute Gasteiger partial charge is 0.493 e. The van der Waals surface area contributed by atoms with E-state index in [1.807, 2.05) is 41.4 Å². The van der Waals surface area contributed by atoms with Crippen LogP contribution in [-0.2, 0) is 11.3 Å². The Kier molecular flexibility index (Phi) is 7.83. The van der Waals surface area contributed by atoms with Gasteiger partial charge in [-0.3, -0.25) is 0 Å². The summed E-state index contributed by atoms with van der Waals surface area (Å²) in [5, 5.41) is 10.4. The van der Waals surface area contributed by atoms with Gasteiger partial charge in [-0.1, -0.05) is 0 Å². The van der Waals surface area contributed by atoms with Gasteiger partial charge in [-0.25, -0.2) is 19.7 Å². The lowest BCUT2D eigenvalue weighted by Gasteiger charge is -2.28. The SMILES string of the molecule is COc1ccc(C2COc3cc(Cn4cnc5cc(C6CNC6)cnc54)cc(OC)c3O2)cn1.O=C(O)C(F)(F)F. The van der Waals surface area contributed by atoms with Crippen LogP contribution in [0, 0.1) is 0 Å². The molecule has 0 bridgehead atoms. The number of ether oxygens (including phenoxy) is 4. The van der Waals surface area contributed by atoms with E-state index in [2.05, 4.69) is 21.4 Å². The molecule has 6 rings (SSSR count). The number of nitrogens with one attached hydrogen (secondary N) is 1. The van der Waals surface area contributed by atoms with Gasteiger partial charge in [0.1, 0.15) is 12.1 Å². The van der Waals surface area contributed by atoms with Gasteiger partial charge < -0.3 is 33.9 Å². The topological polar surface area (TPSA) is 130 Å². The number of pyridine rings is 2. The van der Waals surface area contributed by atoms with Crippen LogP contribution in [0.5, 0.6) is 23.1 Å². The molecule has 1 saturated heterocycles. The second kappa shape index (κ2) is 11.5. The number of aliphatic carboxylic acids is 1. The van der Waals surface area contributed by atoms with Crippen LogP contribution in [-0.4, -0.2) is 70.7 Å². The molecule has 2 aliphatic rings. The molecule has 14 heteroatoms. The molecule has 2 aliphatic heterocycles. The number of methoxy groups -OCH3 is 2. The average Bonchev–Trinajstić information content (AvgIpc) is 3.33. The summed E-state index contributed by atoms with van der Waals surface area (Å²) < 4.78 is 56.9. The van der Waals surface area contributed by atoms with E-state index in [1.165, 1.54) is 5.56 Å². The molecule has 1 aromatic carbocycles. The van der Waals surface area contributed by atoms with E-state index in [0.29, 0.717) is 42.2 Å². The number of fused-ring (bicyclic) bond motifs is 2. The van der Waals surface area contributed by atoms with E-state index >= 15 is 0 Å². The Hall–Kier alpha value is -4.59. The predicted molar refractivity (Wildman–Crippen MR) is 139 cm³/mol. The number of rotatable bonds is 6. The van der Waals surface area contributed by atoms with Crippen LogP contribution < -0.4 is 24.3 Å². The van der Waals surface area contributed by atoms with Crippen molar-refractivity contribution in [2.75, 3.05) is 33.9 Å². The molecule has 0 radical (unpaired) electrons. The monoisotopic (exact) mass is 573 g/mol. The molecule has 0 amide bonds. The number of nitrogens with zero attached hydrogens (tertiary/aromatic N) is 4. The summed E-state index contributed by atoms with van der Waals surface area (Å²) >= 11 is 0. The van der Waals surface area contributed by atoms with Crippen molar-refractivity contribution in [1.82, 2.24) is 24.8 Å². The normalized spacial score (nSPS) is 16.4. The Balaban J connectivity index is 0.000000431. The van der Waals surface area contributed by atoms with Gasteiger partial charge in [-0.05, 0) is 35.4 Å². The highest BCUT2D eigenvalue weighted by Gasteiger charge is 2.38. The standard InChI is InChI=1S/C25H25N5O4.C2HF3O2/c1-31-20-5-15(12-30-14-29-19-7-17(11-28-25(19)30)18-8-26-9-18)6-21-24(20)34-22(13-33-21)16-3-4-23(32-2)27-10-16;3-2(4,5)1(6)7/h3-7,10-11,14,18,22,26H,8-9,12-13H2,1-2H3;(H,6,7). The minimum absolute atomic E-state index is 0.285. The fourth-order valence-electron chi connectivity index (χ4n) is 4.33. The van der Waals surface area contributed by atoms with Crippen molar-refractivity contribution in [3.63, 3.8) is 0 Å². The van der Waals surface area contributed by atoms with E-state index in [1.54, 1.807) is 20.4 Å². The lowest BCUT2D eigenvalue weighted by molar-refractivity contribution is -0.192. The highest BCUT2D eigenvalue weighted by atomic mass is 19.4. The van der Waals surface area contributed by atoms with Gasteiger partial charge in [0, 0.05) is 43.0 Å². The summed E-state index contributed by atoms with van der Waals surface area (Å²) in [6.07, 6.45) is 0.163. The summed E-state index contributed by atoms with van der Waals surface area (Å²) in [5.74, 6) is 0.195. The highest BCUT2D eigenvalue weighted by molar-refractivity contribution is 5.73. The first-order valence-electron chi connectivity index (χ1n) is 12.5. The van der Waals surface area contributed by atoms with Crippen molar-refractivity contribution in [2.24, 2.45) is 0 Å². The summed E-state index contributed by atoms with van der Waals surface area (Å²) in [7, 11) is 3.22. The number of carboxylic acids is 1. The van der Waals surface area contributed by atoms with Crippen LogP contribution in [0.15, 0.2) is 49.1 Å². The molecule has 1 atom stereocenters. The van der Waals surface area contributed by atoms with E-state index in [-0.39, 0.29) is 6.10 Å². The minimum Gasteiger partial charge on any atom is -0.493 e. The van der Waals surface area contributed by atoms with Gasteiger partial charge in [0.05, 0.1) is 27.1 Å². The van der Waals surface area contributed by atoms with Crippen molar-refractivity contribution in [3.8, 4) is 23.1 Å². The molecule has 41 heavy (non-hydrogen) atoms. The first-order chi connectivity index (χ1) is 19.7. The number of carbonyl (C=O) groups is 1. The number of hydrogen-bond donors (Lipinski definition) is 2. The third-order valence-corrected chi connectivity index (χ3v) is 6.62. The second-order valence-corrected chi connectivity index (χ2v) is 9.32. The molecule has 2 N–H and O–H groups in total. The molecule has 0 aliphatic carbocycles. The summed E-state index contributed by atoms with van der Waals surface area (Å²) in [6.45, 7) is 2.97. The molecule has 1 fully saturated rings. The van der Waals surface area contributed by atoms with Crippen LogP contribution in [0.3, 0.4) is 0 Å². The van der Waals surface area contributed by atoms with Gasteiger partial charge in [0.15, 0.2) is 23.3 Å². The van der Waals surface area contributed by atoms with E-state index in [4.69, 9.17) is 33.8 Å². The van der Waals surface area contributed by atoms with Crippen molar-refractivity contribution >= 4 is 17.1 Å². The minimum atomic E-state index is -5.08. The van der Waals surface area contributed by atoms with Gasteiger partial charge in [-0.2, -0.15) is 13.2 Å². The number of hydrogen-bond acceptors (Lipinski definition) is 9. The maximum Gasteiger partial charge on any atom is 0.490 e. The van der Waals surface area contributed by atoms with Gasteiger partial charge in [0.2, 0.25) is 11.6 Å². The first kappa shape index (κ1) is 28.0. The maximum atomic E-state index is 10.6. The average molecular weight is 574 g/mol. The van der Waals surface area contributed by atoms with Crippen molar-refractivity contribution in [2.45, 2.75) is 24.7 Å². The van der Waals surface area contributed by atoms with E-state index in [0.717, 1.165) is 35.4 Å². The molecule has 1 unspecified atom stereocenters. The number of benzene rings is 1. The van der Waals surface area contributed by atoms with Crippen LogP contribution in [0.2, 0.25) is 0 Å². The van der Waals surface area contributed by atoms with Crippen LogP contribution in [0.25, 0.3) is 11.2 Å². The fraction of sp³-hybridized carbons (Fsp3) is 0.333. The number of aromatic nitrogens is 4. The molecular formula is C27H26F3N5O6. The summed E-state index contributed by atoms with van der Waals surface area (Å²) in [6, 6.07) is 9.83. The first-order valence-corrected chi connectivity index (χ1v) is 12.5. The lowest BCUT2D eigenvalue weighted by atomic mass is 9.95. The lowest BCUT2D eigenvalue weighted by Crippen LogP contribution is -2.39. The fourth-order valence-corrected chi connectivity index (χ4v) is 4.33. The molecular weight excluding hydrogens is 547 g/mol. The third kappa shape index (κ3) is 6.11. The number of carboxylic acid groups (broad SMARTS) is 1. The molecule has 11 nitrogen and oxygen atoms in total. The Morgan fingerprint density at radius 2 is 1.85 bits per heavy atom. The zero-order valence-corrected chi connectivity index (χ0v) is 22.0. The van der Waals surface area contributed by atoms with Gasteiger partial charge in [-0.15, -0.1) is 0 Å². The number of halogens is 3. The van der Waals surface area contributed by atoms with E-state index < -0.39 is 12.1 Å². The van der Waals surface area contributed by atoms with Crippen molar-refractivity contribution in [3.05, 3.63) is 65.7 Å². The Labute approximate surface area is 231 Å². The molecule has 5 heterocycles. The van der Waals surface area contributed by atoms with E-state index in [9.17, 15) is 13.2 Å². The van der Waals surface area contributed by atoms with Gasteiger partial charge >= 0.3 is 12.1 Å². The highest BCUT2D eigenvalue weighted by Crippen LogP contribution is 2.44. The zero-order valence-electron chi connectivity index (χ0n) is 22.0. The summed E-state index contributed by atoms with van der Waals surface area (Å²) in [4.78, 5) is 22.4. The van der Waals surface area contributed by atoms with Crippen LogP contribution in [0.1, 0.15) is 28.7 Å². The van der Waals surface area contributed by atoms with Crippen molar-refractivity contribution < 1.29 is 42.0 Å². The molecule has 0 saturated carbocycles. The summed E-state index contributed by atoms with van der Waals surface area (Å²) in [5.41, 5.74) is 4.92. The number of imidazole rings is 1. The number of alkyl halides is 3. The Morgan fingerprint density at radius 3 is 2.46 bits per heavy atom. The zero-order chi connectivity index (χ0) is 29.1. The molecule has 216 valence electrons. The predicted octanol–water partition coefficient (Wildman–Crippen LogP) is 3.72. The molecule has 0 spiro atoms. The molecule has 3 aromatic heterocycles. The molecule has 4 aromatic rings. The third-order valence-electron chi connectivity index (χ3n) is 6.62. The van der Waals surface area contributed by atoms with Crippen LogP contribution in [0.4, 0.5) is 13.2 Å².